The quantitative estimate of drug-likeness (QED) is 0.567. The molecule has 0 heterocycles. The minimum Gasteiger partial charge on any atom is -0.497 e. The normalized spacial score (nSPS) is 11.8. The van der Waals surface area contributed by atoms with Crippen LogP contribution >= 0.6 is 45.2 Å². The van der Waals surface area contributed by atoms with Gasteiger partial charge < -0.3 is 14.6 Å². The second kappa shape index (κ2) is 7.49. The number of carbonyl (C=O) groups is 1. The van der Waals surface area contributed by atoms with Crippen molar-refractivity contribution >= 4 is 51.2 Å². The molecule has 1 unspecified atom stereocenters. The highest BCUT2D eigenvalue weighted by atomic mass is 127. The summed E-state index contributed by atoms with van der Waals surface area (Å²) in [5.74, 6) is 0.818. The van der Waals surface area contributed by atoms with Crippen molar-refractivity contribution in [3.63, 3.8) is 0 Å². The lowest BCUT2D eigenvalue weighted by Gasteiger charge is -2.14. The van der Waals surface area contributed by atoms with Crippen LogP contribution in [0.2, 0.25) is 0 Å². The maximum absolute atomic E-state index is 11.1. The van der Waals surface area contributed by atoms with Gasteiger partial charge in [0.25, 0.3) is 0 Å². The van der Waals surface area contributed by atoms with E-state index in [1.54, 1.807) is 14.0 Å². The molecule has 22 heavy (non-hydrogen) atoms. The molecule has 0 spiro atoms. The standard InChI is InChI=1S/C16H14I2O4/c1-9(16(19)20)10-7-13(17)15(14(18)8-10)22-12-5-3-11(21-2)4-6-12/h3-9H,1-2H3,(H,19,20). The molecule has 0 bridgehead atoms. The van der Waals surface area contributed by atoms with Crippen LogP contribution in [-0.2, 0) is 4.79 Å². The molecule has 0 aromatic heterocycles. The highest BCUT2D eigenvalue weighted by Gasteiger charge is 2.18. The third kappa shape index (κ3) is 4.03. The number of aliphatic carboxylic acids is 1. The Kier molecular flexibility index (Phi) is 5.90. The molecule has 0 amide bonds. The Morgan fingerprint density at radius 1 is 1.09 bits per heavy atom. The Labute approximate surface area is 156 Å². The van der Waals surface area contributed by atoms with Crippen molar-refractivity contribution in [3.05, 3.63) is 49.1 Å². The number of benzene rings is 2. The number of carboxylic acids is 1. The summed E-state index contributed by atoms with van der Waals surface area (Å²) in [6.45, 7) is 1.67. The zero-order chi connectivity index (χ0) is 16.3. The molecule has 0 fully saturated rings. The van der Waals surface area contributed by atoms with Gasteiger partial charge in [0.15, 0.2) is 5.75 Å². The van der Waals surface area contributed by atoms with E-state index in [0.29, 0.717) is 5.75 Å². The van der Waals surface area contributed by atoms with Crippen LogP contribution in [0, 0.1) is 7.14 Å². The number of ether oxygens (including phenoxy) is 2. The smallest absolute Gasteiger partial charge is 0.310 e. The van der Waals surface area contributed by atoms with Gasteiger partial charge in [-0.1, -0.05) is 0 Å². The van der Waals surface area contributed by atoms with Crippen molar-refractivity contribution in [2.24, 2.45) is 0 Å². The van der Waals surface area contributed by atoms with Gasteiger partial charge in [-0.3, -0.25) is 4.79 Å². The minimum atomic E-state index is -0.838. The molecule has 4 nitrogen and oxygen atoms in total. The molecule has 0 saturated heterocycles. The van der Waals surface area contributed by atoms with Crippen LogP contribution in [0.1, 0.15) is 18.4 Å². The van der Waals surface area contributed by atoms with Crippen LogP contribution < -0.4 is 9.47 Å². The van der Waals surface area contributed by atoms with E-state index in [1.165, 1.54) is 0 Å². The monoisotopic (exact) mass is 524 g/mol. The summed E-state index contributed by atoms with van der Waals surface area (Å²) in [6.07, 6.45) is 0. The highest BCUT2D eigenvalue weighted by molar-refractivity contribution is 14.1. The fourth-order valence-corrected chi connectivity index (χ4v) is 3.87. The Morgan fingerprint density at radius 2 is 1.59 bits per heavy atom. The Bertz CT molecular complexity index is 660. The number of hydrogen-bond donors (Lipinski definition) is 1. The van der Waals surface area contributed by atoms with Crippen molar-refractivity contribution < 1.29 is 19.4 Å². The first-order valence-corrected chi connectivity index (χ1v) is 8.61. The van der Waals surface area contributed by atoms with Crippen molar-refractivity contribution in [2.75, 3.05) is 7.11 Å². The molecule has 0 saturated carbocycles. The molecular formula is C16H14I2O4. The third-order valence-electron chi connectivity index (χ3n) is 3.17. The van der Waals surface area contributed by atoms with E-state index < -0.39 is 11.9 Å². The number of halogens is 2. The van der Waals surface area contributed by atoms with Gasteiger partial charge in [-0.2, -0.15) is 0 Å². The van der Waals surface area contributed by atoms with Gasteiger partial charge in [0.1, 0.15) is 11.5 Å². The Morgan fingerprint density at radius 3 is 2.05 bits per heavy atom. The molecule has 2 aromatic carbocycles. The number of rotatable bonds is 5. The van der Waals surface area contributed by atoms with Gasteiger partial charge in [0, 0.05) is 0 Å². The average Bonchev–Trinajstić information content (AvgIpc) is 2.50. The molecular weight excluding hydrogens is 510 g/mol. The summed E-state index contributed by atoms with van der Waals surface area (Å²) in [5.41, 5.74) is 0.767. The Hall–Kier alpha value is -1.03. The average molecular weight is 524 g/mol. The second-order valence-electron chi connectivity index (χ2n) is 4.65. The third-order valence-corrected chi connectivity index (χ3v) is 4.77. The first-order valence-electron chi connectivity index (χ1n) is 6.46. The molecule has 0 aliphatic carbocycles. The van der Waals surface area contributed by atoms with Gasteiger partial charge in [-0.25, -0.2) is 0 Å². The molecule has 2 aromatic rings. The summed E-state index contributed by atoms with van der Waals surface area (Å²) >= 11 is 4.32. The number of methoxy groups -OCH3 is 1. The van der Waals surface area contributed by atoms with Crippen molar-refractivity contribution in [2.45, 2.75) is 12.8 Å². The fourth-order valence-electron chi connectivity index (χ4n) is 1.83. The lowest BCUT2D eigenvalue weighted by molar-refractivity contribution is -0.138. The van der Waals surface area contributed by atoms with Crippen LogP contribution in [-0.4, -0.2) is 18.2 Å². The van der Waals surface area contributed by atoms with E-state index in [1.807, 2.05) is 36.4 Å². The van der Waals surface area contributed by atoms with Crippen LogP contribution in [0.4, 0.5) is 0 Å². The predicted molar refractivity (Wildman–Crippen MR) is 101 cm³/mol. The van der Waals surface area contributed by atoms with Gasteiger partial charge in [0.2, 0.25) is 0 Å². The lowest BCUT2D eigenvalue weighted by Crippen LogP contribution is -2.08. The minimum absolute atomic E-state index is 0.544. The van der Waals surface area contributed by atoms with Crippen molar-refractivity contribution in [1.82, 2.24) is 0 Å². The van der Waals surface area contributed by atoms with E-state index >= 15 is 0 Å². The molecule has 116 valence electrons. The first-order chi connectivity index (χ1) is 10.4. The second-order valence-corrected chi connectivity index (χ2v) is 6.98. The van der Waals surface area contributed by atoms with Crippen LogP contribution in [0.5, 0.6) is 17.2 Å². The van der Waals surface area contributed by atoms with Gasteiger partial charge >= 0.3 is 5.97 Å². The van der Waals surface area contributed by atoms with Gasteiger partial charge in [-0.15, -0.1) is 0 Å². The largest absolute Gasteiger partial charge is 0.497 e. The summed E-state index contributed by atoms with van der Waals surface area (Å²) < 4.78 is 12.8. The maximum Gasteiger partial charge on any atom is 0.310 e. The summed E-state index contributed by atoms with van der Waals surface area (Å²) in [7, 11) is 1.62. The van der Waals surface area contributed by atoms with E-state index in [2.05, 4.69) is 45.2 Å². The SMILES string of the molecule is COc1ccc(Oc2c(I)cc(C(C)C(=O)O)cc2I)cc1. The summed E-state index contributed by atoms with van der Waals surface area (Å²) in [5, 5.41) is 9.12. The zero-order valence-corrected chi connectivity index (χ0v) is 16.3. The first kappa shape index (κ1) is 17.3. The van der Waals surface area contributed by atoms with E-state index in [9.17, 15) is 4.79 Å². The number of carboxylic acid groups (broad SMARTS) is 1. The van der Waals surface area contributed by atoms with Crippen LogP contribution in [0.3, 0.4) is 0 Å². The number of hydrogen-bond acceptors (Lipinski definition) is 3. The van der Waals surface area contributed by atoms with Crippen LogP contribution in [0.25, 0.3) is 0 Å². The van der Waals surface area contributed by atoms with E-state index in [0.717, 1.165) is 24.2 Å². The fraction of sp³-hybridized carbons (Fsp3) is 0.188. The summed E-state index contributed by atoms with van der Waals surface area (Å²) in [4.78, 5) is 11.1. The molecule has 1 atom stereocenters. The highest BCUT2D eigenvalue weighted by Crippen LogP contribution is 2.35. The molecule has 0 aliphatic heterocycles. The molecule has 2 rings (SSSR count). The maximum atomic E-state index is 11.1. The van der Waals surface area contributed by atoms with Gasteiger partial charge in [-0.05, 0) is 94.1 Å². The molecule has 6 heteroatoms. The Balaban J connectivity index is 2.29. The van der Waals surface area contributed by atoms with Gasteiger partial charge in [0.05, 0.1) is 20.2 Å². The van der Waals surface area contributed by atoms with Crippen molar-refractivity contribution in [1.29, 1.82) is 0 Å². The topological polar surface area (TPSA) is 55.8 Å². The zero-order valence-electron chi connectivity index (χ0n) is 12.0. The predicted octanol–water partition coefficient (Wildman–Crippen LogP) is 4.88. The molecule has 0 aliphatic rings. The molecule has 1 N–H and O–H groups in total. The lowest BCUT2D eigenvalue weighted by atomic mass is 10.0. The van der Waals surface area contributed by atoms with E-state index in [-0.39, 0.29) is 0 Å². The van der Waals surface area contributed by atoms with Crippen molar-refractivity contribution in [3.8, 4) is 17.2 Å². The molecule has 0 radical (unpaired) electrons. The summed E-state index contributed by atoms with van der Waals surface area (Å²) in [6, 6.07) is 11.0. The van der Waals surface area contributed by atoms with E-state index in [4.69, 9.17) is 14.6 Å². The van der Waals surface area contributed by atoms with Crippen LogP contribution in [0.15, 0.2) is 36.4 Å².